The maximum absolute atomic E-state index is 13.0. The van der Waals surface area contributed by atoms with Gasteiger partial charge in [0.15, 0.2) is 5.13 Å². The van der Waals surface area contributed by atoms with Crippen molar-refractivity contribution < 1.29 is 26.7 Å². The predicted molar refractivity (Wildman–Crippen MR) is 99.5 cm³/mol. The number of alkyl halides is 3. The van der Waals surface area contributed by atoms with Crippen LogP contribution >= 0.6 is 11.3 Å². The van der Waals surface area contributed by atoms with Gasteiger partial charge in [-0.25, -0.2) is 17.7 Å². The molecule has 0 fully saturated rings. The summed E-state index contributed by atoms with van der Waals surface area (Å²) in [7, 11) is -4.07. The maximum Gasteiger partial charge on any atom is 0.416 e. The third-order valence-corrected chi connectivity index (χ3v) is 6.58. The van der Waals surface area contributed by atoms with Crippen molar-refractivity contribution in [2.24, 2.45) is 0 Å². The molecule has 0 aliphatic rings. The van der Waals surface area contributed by atoms with Gasteiger partial charge in [-0.3, -0.25) is 0 Å². The minimum absolute atomic E-state index is 0.0126. The summed E-state index contributed by atoms with van der Waals surface area (Å²) in [6, 6.07) is 11.7. The highest BCUT2D eigenvalue weighted by Crippen LogP contribution is 2.32. The van der Waals surface area contributed by atoms with Crippen LogP contribution in [0.3, 0.4) is 0 Å². The van der Waals surface area contributed by atoms with Crippen LogP contribution in [0.1, 0.15) is 17.2 Å². The van der Waals surface area contributed by atoms with Crippen molar-refractivity contribution in [3.8, 4) is 0 Å². The molecule has 1 atom stereocenters. The number of anilines is 1. The Morgan fingerprint density at radius 2 is 1.82 bits per heavy atom. The zero-order chi connectivity index (χ0) is 20.4. The molecule has 1 heterocycles. The van der Waals surface area contributed by atoms with E-state index in [9.17, 15) is 26.7 Å². The lowest BCUT2D eigenvalue weighted by molar-refractivity contribution is -0.137. The van der Waals surface area contributed by atoms with Gasteiger partial charge >= 0.3 is 6.18 Å². The van der Waals surface area contributed by atoms with Crippen molar-refractivity contribution in [2.75, 3.05) is 10.8 Å². The molecular formula is C18H15F3N2O3S2. The molecule has 0 saturated carbocycles. The molecule has 3 aromatic rings. The summed E-state index contributed by atoms with van der Waals surface area (Å²) >= 11 is 1.04. The van der Waals surface area contributed by atoms with E-state index in [1.54, 1.807) is 23.6 Å². The van der Waals surface area contributed by atoms with Gasteiger partial charge in [0.05, 0.1) is 23.1 Å². The van der Waals surface area contributed by atoms with Crippen molar-refractivity contribution in [2.45, 2.75) is 17.2 Å². The molecule has 1 aromatic heterocycles. The van der Waals surface area contributed by atoms with Crippen LogP contribution in [0.4, 0.5) is 18.3 Å². The average molecular weight is 428 g/mol. The van der Waals surface area contributed by atoms with Crippen LogP contribution in [0.5, 0.6) is 0 Å². The second-order valence-corrected chi connectivity index (χ2v) is 8.54. The molecule has 1 N–H and O–H groups in total. The Kier molecular flexibility index (Phi) is 5.73. The third-order valence-electron chi connectivity index (χ3n) is 3.90. The Bertz CT molecular complexity index is 1020. The van der Waals surface area contributed by atoms with E-state index >= 15 is 0 Å². The molecule has 148 valence electrons. The van der Waals surface area contributed by atoms with Gasteiger partial charge in [-0.2, -0.15) is 13.2 Å². The summed E-state index contributed by atoms with van der Waals surface area (Å²) < 4.78 is 65.7. The lowest BCUT2D eigenvalue weighted by Crippen LogP contribution is -2.35. The fourth-order valence-electron chi connectivity index (χ4n) is 2.52. The number of hydrogen-bond donors (Lipinski definition) is 1. The predicted octanol–water partition coefficient (Wildman–Crippen LogP) is 4.09. The molecule has 2 aromatic carbocycles. The second-order valence-electron chi connectivity index (χ2n) is 5.80. The Balaban J connectivity index is 1.96. The molecule has 1 unspecified atom stereocenters. The van der Waals surface area contributed by atoms with Crippen molar-refractivity contribution in [3.63, 3.8) is 0 Å². The van der Waals surface area contributed by atoms with Gasteiger partial charge in [-0.1, -0.05) is 30.3 Å². The second kappa shape index (κ2) is 7.90. The van der Waals surface area contributed by atoms with Crippen molar-refractivity contribution in [1.29, 1.82) is 0 Å². The first-order chi connectivity index (χ1) is 13.2. The first-order valence-corrected chi connectivity index (χ1v) is 10.3. The standard InChI is InChI=1S/C18H15F3N2O3S2/c19-18(20,21)14-6-4-5-13(11-14)16(24)12-23(17-22-9-10-27-17)28(25,26)15-7-2-1-3-8-15/h1-11,16,24H,12H2. The SMILES string of the molecule is O=S(=O)(c1ccccc1)N(CC(O)c1cccc(C(F)(F)F)c1)c1nccs1. The largest absolute Gasteiger partial charge is 0.416 e. The van der Waals surface area contributed by atoms with Gasteiger partial charge in [0.25, 0.3) is 10.0 Å². The van der Waals surface area contributed by atoms with Crippen LogP contribution in [-0.2, 0) is 16.2 Å². The smallest absolute Gasteiger partial charge is 0.387 e. The fraction of sp³-hybridized carbons (Fsp3) is 0.167. The van der Waals surface area contributed by atoms with Crippen LogP contribution in [-0.4, -0.2) is 25.1 Å². The van der Waals surface area contributed by atoms with Crippen molar-refractivity contribution in [1.82, 2.24) is 4.98 Å². The number of halogens is 3. The van der Waals surface area contributed by atoms with Gasteiger partial charge < -0.3 is 5.11 Å². The molecule has 3 rings (SSSR count). The molecule has 28 heavy (non-hydrogen) atoms. The van der Waals surface area contributed by atoms with Gasteiger partial charge in [0, 0.05) is 11.6 Å². The number of rotatable bonds is 6. The molecule has 0 bridgehead atoms. The Morgan fingerprint density at radius 3 is 2.43 bits per heavy atom. The van der Waals surface area contributed by atoms with Crippen LogP contribution in [0.2, 0.25) is 0 Å². The zero-order valence-corrected chi connectivity index (χ0v) is 15.9. The minimum atomic E-state index is -4.57. The van der Waals surface area contributed by atoms with E-state index in [0.29, 0.717) is 0 Å². The Labute approximate surface area is 163 Å². The first kappa shape index (κ1) is 20.3. The van der Waals surface area contributed by atoms with E-state index in [0.717, 1.165) is 27.8 Å². The summed E-state index contributed by atoms with van der Waals surface area (Å²) in [4.78, 5) is 3.97. The highest BCUT2D eigenvalue weighted by molar-refractivity contribution is 7.93. The van der Waals surface area contributed by atoms with E-state index in [2.05, 4.69) is 4.98 Å². The van der Waals surface area contributed by atoms with Crippen LogP contribution in [0.15, 0.2) is 71.1 Å². The summed E-state index contributed by atoms with van der Waals surface area (Å²) in [5.41, 5.74) is -0.963. The summed E-state index contributed by atoms with van der Waals surface area (Å²) in [5.74, 6) is 0. The quantitative estimate of drug-likeness (QED) is 0.642. The van der Waals surface area contributed by atoms with E-state index in [-0.39, 0.29) is 15.6 Å². The van der Waals surface area contributed by atoms with Crippen LogP contribution in [0, 0.1) is 0 Å². The molecule has 0 spiro atoms. The number of sulfonamides is 1. The lowest BCUT2D eigenvalue weighted by Gasteiger charge is -2.25. The zero-order valence-electron chi connectivity index (χ0n) is 14.2. The molecule has 0 aliphatic carbocycles. The van der Waals surface area contributed by atoms with Crippen LogP contribution in [0.25, 0.3) is 0 Å². The molecule has 0 amide bonds. The molecule has 10 heteroatoms. The topological polar surface area (TPSA) is 70.5 Å². The summed E-state index contributed by atoms with van der Waals surface area (Å²) in [6.07, 6.45) is -4.64. The van der Waals surface area contributed by atoms with Crippen LogP contribution < -0.4 is 4.31 Å². The number of aromatic nitrogens is 1. The van der Waals surface area contributed by atoms with Gasteiger partial charge in [0.1, 0.15) is 0 Å². The molecule has 0 radical (unpaired) electrons. The van der Waals surface area contributed by atoms with E-state index < -0.39 is 34.4 Å². The van der Waals surface area contributed by atoms with E-state index in [1.165, 1.54) is 30.5 Å². The lowest BCUT2D eigenvalue weighted by atomic mass is 10.1. The molecule has 5 nitrogen and oxygen atoms in total. The summed E-state index contributed by atoms with van der Waals surface area (Å²) in [6.45, 7) is -0.480. The fourth-order valence-corrected chi connectivity index (χ4v) is 4.85. The third kappa shape index (κ3) is 4.34. The first-order valence-electron chi connectivity index (χ1n) is 8.02. The number of nitrogens with zero attached hydrogens (tertiary/aromatic N) is 2. The maximum atomic E-state index is 13.0. The van der Waals surface area contributed by atoms with E-state index in [1.807, 2.05) is 0 Å². The molecule has 0 saturated heterocycles. The van der Waals surface area contributed by atoms with Crippen molar-refractivity contribution >= 4 is 26.5 Å². The number of benzene rings is 2. The Hall–Kier alpha value is -2.43. The number of thiazole rings is 1. The number of aliphatic hydroxyl groups is 1. The monoisotopic (exact) mass is 428 g/mol. The summed E-state index contributed by atoms with van der Waals surface area (Å²) in [5, 5.41) is 12.2. The van der Waals surface area contributed by atoms with Crippen molar-refractivity contribution in [3.05, 3.63) is 77.3 Å². The number of aliphatic hydroxyl groups excluding tert-OH is 1. The molecular weight excluding hydrogens is 413 g/mol. The Morgan fingerprint density at radius 1 is 1.11 bits per heavy atom. The van der Waals surface area contributed by atoms with Gasteiger partial charge in [-0.05, 0) is 29.8 Å². The van der Waals surface area contributed by atoms with Gasteiger partial charge in [0.2, 0.25) is 0 Å². The normalized spacial score (nSPS) is 13.3. The highest BCUT2D eigenvalue weighted by atomic mass is 32.2. The average Bonchev–Trinajstić information content (AvgIpc) is 3.20. The number of hydrogen-bond acceptors (Lipinski definition) is 5. The highest BCUT2D eigenvalue weighted by Gasteiger charge is 2.32. The molecule has 0 aliphatic heterocycles. The van der Waals surface area contributed by atoms with Gasteiger partial charge in [-0.15, -0.1) is 11.3 Å². The minimum Gasteiger partial charge on any atom is -0.387 e. The van der Waals surface area contributed by atoms with E-state index in [4.69, 9.17) is 0 Å².